The smallest absolute Gasteiger partial charge is 0.226 e. The number of hydrogen-bond donors (Lipinski definition) is 1. The van der Waals surface area contributed by atoms with E-state index in [1.54, 1.807) is 23.6 Å². The number of nitrogens with zero attached hydrogens (tertiary/aromatic N) is 4. The molecule has 138 valence electrons. The van der Waals surface area contributed by atoms with Crippen molar-refractivity contribution in [3.8, 4) is 11.5 Å². The zero-order chi connectivity index (χ0) is 18.8. The zero-order valence-corrected chi connectivity index (χ0v) is 15.3. The van der Waals surface area contributed by atoms with Crippen molar-refractivity contribution in [2.45, 2.75) is 19.8 Å². The van der Waals surface area contributed by atoms with Crippen LogP contribution in [0.15, 0.2) is 40.4 Å². The van der Waals surface area contributed by atoms with Gasteiger partial charge in [0.1, 0.15) is 17.9 Å². The molecule has 27 heavy (non-hydrogen) atoms. The lowest BCUT2D eigenvalue weighted by molar-refractivity contribution is -0.120. The van der Waals surface area contributed by atoms with Crippen molar-refractivity contribution in [1.29, 1.82) is 0 Å². The Morgan fingerprint density at radius 3 is 3.15 bits per heavy atom. The van der Waals surface area contributed by atoms with Crippen molar-refractivity contribution in [3.63, 3.8) is 0 Å². The van der Waals surface area contributed by atoms with E-state index in [0.717, 1.165) is 10.7 Å². The number of oxazole rings is 1. The molecule has 7 nitrogen and oxygen atoms in total. The number of halogens is 1. The fourth-order valence-corrected chi connectivity index (χ4v) is 3.56. The minimum absolute atomic E-state index is 0.104. The van der Waals surface area contributed by atoms with Crippen molar-refractivity contribution < 1.29 is 13.6 Å². The number of nitrogens with one attached hydrogen (secondary N) is 1. The van der Waals surface area contributed by atoms with E-state index in [-0.39, 0.29) is 18.1 Å². The summed E-state index contributed by atoms with van der Waals surface area (Å²) in [6, 6.07) is 6.01. The van der Waals surface area contributed by atoms with Crippen LogP contribution in [0.3, 0.4) is 0 Å². The molecule has 1 amide bonds. The van der Waals surface area contributed by atoms with Gasteiger partial charge in [0, 0.05) is 23.9 Å². The fraction of sp³-hybridized carbons (Fsp3) is 0.222. The molecule has 0 aliphatic heterocycles. The summed E-state index contributed by atoms with van der Waals surface area (Å²) in [5.41, 5.74) is 2.08. The largest absolute Gasteiger partial charge is 0.441 e. The zero-order valence-electron chi connectivity index (χ0n) is 14.5. The number of carbonyl (C=O) groups is 1. The quantitative estimate of drug-likeness (QED) is 0.552. The van der Waals surface area contributed by atoms with Gasteiger partial charge < -0.3 is 9.73 Å². The van der Waals surface area contributed by atoms with E-state index in [9.17, 15) is 9.18 Å². The third-order valence-electron chi connectivity index (χ3n) is 4.08. The number of aromatic nitrogens is 4. The van der Waals surface area contributed by atoms with E-state index >= 15 is 0 Å². The topological polar surface area (TPSA) is 85.3 Å². The van der Waals surface area contributed by atoms with Crippen LogP contribution in [0, 0.1) is 12.7 Å². The summed E-state index contributed by atoms with van der Waals surface area (Å²) in [4.78, 5) is 21.5. The third-order valence-corrected chi connectivity index (χ3v) is 4.96. The number of hydrogen-bond acceptors (Lipinski definition) is 6. The minimum atomic E-state index is -0.363. The van der Waals surface area contributed by atoms with Crippen LogP contribution in [0.2, 0.25) is 0 Å². The van der Waals surface area contributed by atoms with Gasteiger partial charge in [-0.05, 0) is 25.1 Å². The molecule has 1 N–H and O–H groups in total. The molecule has 0 radical (unpaired) electrons. The van der Waals surface area contributed by atoms with Crippen molar-refractivity contribution in [2.75, 3.05) is 6.54 Å². The average Bonchev–Trinajstić information content (AvgIpc) is 3.33. The first-order valence-corrected chi connectivity index (χ1v) is 9.23. The molecule has 0 saturated carbocycles. The molecular weight excluding hydrogens is 369 g/mol. The van der Waals surface area contributed by atoms with Gasteiger partial charge in [-0.1, -0.05) is 6.07 Å². The van der Waals surface area contributed by atoms with Gasteiger partial charge in [-0.2, -0.15) is 5.10 Å². The van der Waals surface area contributed by atoms with E-state index in [1.807, 2.05) is 5.38 Å². The predicted octanol–water partition coefficient (Wildman–Crippen LogP) is 2.79. The summed E-state index contributed by atoms with van der Waals surface area (Å²) in [6.45, 7) is 2.23. The Morgan fingerprint density at radius 2 is 2.30 bits per heavy atom. The summed E-state index contributed by atoms with van der Waals surface area (Å²) < 4.78 is 20.7. The highest BCUT2D eigenvalue weighted by Crippen LogP contribution is 2.22. The number of benzene rings is 1. The minimum Gasteiger partial charge on any atom is -0.441 e. The molecule has 0 aliphatic rings. The number of amides is 1. The first-order valence-electron chi connectivity index (χ1n) is 8.35. The van der Waals surface area contributed by atoms with Crippen molar-refractivity contribution >= 4 is 22.2 Å². The molecule has 0 unspecified atom stereocenters. The van der Waals surface area contributed by atoms with E-state index in [1.165, 1.54) is 29.8 Å². The first kappa shape index (κ1) is 17.3. The Balaban J connectivity index is 1.36. The van der Waals surface area contributed by atoms with Gasteiger partial charge in [-0.3, -0.25) is 4.79 Å². The van der Waals surface area contributed by atoms with Crippen LogP contribution in [0.1, 0.15) is 17.1 Å². The normalized spacial score (nSPS) is 11.2. The van der Waals surface area contributed by atoms with E-state index in [2.05, 4.69) is 20.4 Å². The van der Waals surface area contributed by atoms with Crippen molar-refractivity contribution in [2.24, 2.45) is 0 Å². The number of carbonyl (C=O) groups excluding carboxylic acids is 1. The molecule has 0 fully saturated rings. The molecule has 0 atom stereocenters. The fourth-order valence-electron chi connectivity index (χ4n) is 2.73. The van der Waals surface area contributed by atoms with Crippen LogP contribution in [-0.4, -0.2) is 32.0 Å². The maximum Gasteiger partial charge on any atom is 0.226 e. The lowest BCUT2D eigenvalue weighted by Crippen LogP contribution is -2.27. The Labute approximate surface area is 157 Å². The molecule has 4 aromatic rings. The van der Waals surface area contributed by atoms with Gasteiger partial charge >= 0.3 is 0 Å². The van der Waals surface area contributed by atoms with Crippen molar-refractivity contribution in [1.82, 2.24) is 24.9 Å². The number of rotatable bonds is 6. The summed E-state index contributed by atoms with van der Waals surface area (Å²) in [7, 11) is 0. The van der Waals surface area contributed by atoms with Gasteiger partial charge in [0.15, 0.2) is 0 Å². The molecule has 9 heteroatoms. The first-order chi connectivity index (χ1) is 13.1. The highest BCUT2D eigenvalue weighted by Gasteiger charge is 2.15. The molecule has 0 saturated heterocycles. The molecule has 3 aromatic heterocycles. The molecule has 4 rings (SSSR count). The Morgan fingerprint density at radius 1 is 1.41 bits per heavy atom. The van der Waals surface area contributed by atoms with Gasteiger partial charge in [0.25, 0.3) is 0 Å². The summed E-state index contributed by atoms with van der Waals surface area (Å²) >= 11 is 1.51. The van der Waals surface area contributed by atoms with E-state index < -0.39 is 0 Å². The van der Waals surface area contributed by atoms with Crippen LogP contribution in [-0.2, 0) is 17.6 Å². The molecular formula is C18H16FN5O2S. The summed E-state index contributed by atoms with van der Waals surface area (Å²) in [5, 5.41) is 9.00. The molecule has 0 aliphatic carbocycles. The van der Waals surface area contributed by atoms with Crippen LogP contribution < -0.4 is 5.32 Å². The number of aryl methyl sites for hydroxylation is 1. The van der Waals surface area contributed by atoms with E-state index in [0.29, 0.717) is 35.9 Å². The Hall–Kier alpha value is -3.07. The standard InChI is InChI=1S/C18H16FN5O2S/c1-11-15(23-17(26-11)12-3-2-4-13(19)7-12)8-16(25)20-6-5-14-9-27-18-21-10-22-24(14)18/h2-4,7,9-10H,5-6,8H2,1H3,(H,20,25). The molecule has 1 aromatic carbocycles. The number of fused-ring (bicyclic) bond motifs is 1. The second kappa shape index (κ2) is 7.28. The second-order valence-corrected chi connectivity index (χ2v) is 6.83. The van der Waals surface area contributed by atoms with Gasteiger partial charge in [0.2, 0.25) is 16.8 Å². The summed E-state index contributed by atoms with van der Waals surface area (Å²) in [6.07, 6.45) is 2.27. The predicted molar refractivity (Wildman–Crippen MR) is 97.9 cm³/mol. The highest BCUT2D eigenvalue weighted by atomic mass is 32.1. The van der Waals surface area contributed by atoms with Crippen molar-refractivity contribution in [3.05, 3.63) is 58.9 Å². The van der Waals surface area contributed by atoms with Crippen LogP contribution >= 0.6 is 11.3 Å². The number of thiazole rings is 1. The molecule has 0 spiro atoms. The second-order valence-electron chi connectivity index (χ2n) is 5.99. The van der Waals surface area contributed by atoms with Crippen LogP contribution in [0.25, 0.3) is 16.4 Å². The van der Waals surface area contributed by atoms with Gasteiger partial charge in [0.05, 0.1) is 17.8 Å². The Kier molecular flexibility index (Phi) is 4.68. The van der Waals surface area contributed by atoms with Crippen LogP contribution in [0.4, 0.5) is 4.39 Å². The Bertz CT molecular complexity index is 1100. The van der Waals surface area contributed by atoms with Gasteiger partial charge in [-0.25, -0.2) is 18.9 Å². The third kappa shape index (κ3) is 3.72. The SMILES string of the molecule is Cc1oc(-c2cccc(F)c2)nc1CC(=O)NCCc1csc2ncnn12. The molecule has 0 bridgehead atoms. The van der Waals surface area contributed by atoms with E-state index in [4.69, 9.17) is 4.42 Å². The highest BCUT2D eigenvalue weighted by molar-refractivity contribution is 7.15. The lowest BCUT2D eigenvalue weighted by Gasteiger charge is -2.03. The van der Waals surface area contributed by atoms with Gasteiger partial charge in [-0.15, -0.1) is 11.3 Å². The lowest BCUT2D eigenvalue weighted by atomic mass is 10.2. The average molecular weight is 385 g/mol. The molecule has 3 heterocycles. The summed E-state index contributed by atoms with van der Waals surface area (Å²) in [5.74, 6) is 0.341. The maximum atomic E-state index is 13.4. The van der Waals surface area contributed by atoms with Crippen LogP contribution in [0.5, 0.6) is 0 Å². The maximum absolute atomic E-state index is 13.4. The monoisotopic (exact) mass is 385 g/mol.